The van der Waals surface area contributed by atoms with Crippen LogP contribution >= 0.6 is 11.3 Å². The predicted octanol–water partition coefficient (Wildman–Crippen LogP) is 0.698. The van der Waals surface area contributed by atoms with Gasteiger partial charge < -0.3 is 31.6 Å². The summed E-state index contributed by atoms with van der Waals surface area (Å²) in [5, 5.41) is 26.2. The summed E-state index contributed by atoms with van der Waals surface area (Å²) in [6.45, 7) is 1.45. The first-order chi connectivity index (χ1) is 16.4. The normalized spacial score (nSPS) is 11.9. The van der Waals surface area contributed by atoms with Gasteiger partial charge in [-0.1, -0.05) is 6.07 Å². The minimum absolute atomic E-state index is 0.00539. The summed E-state index contributed by atoms with van der Waals surface area (Å²) in [6, 6.07) is 3.12. The van der Waals surface area contributed by atoms with Gasteiger partial charge in [-0.05, 0) is 25.1 Å². The van der Waals surface area contributed by atoms with Crippen molar-refractivity contribution in [2.75, 3.05) is 10.6 Å². The smallest absolute Gasteiger partial charge is 0.358 e. The van der Waals surface area contributed by atoms with Crippen LogP contribution in [0.4, 0.5) is 16.2 Å². The number of carboxylic acids is 1. The van der Waals surface area contributed by atoms with Gasteiger partial charge in [0.15, 0.2) is 5.69 Å². The van der Waals surface area contributed by atoms with Crippen molar-refractivity contribution in [1.29, 1.82) is 0 Å². The number of aromatic hydroxyl groups is 1. The maximum Gasteiger partial charge on any atom is 0.358 e. The molecule has 0 unspecified atom stereocenters. The van der Waals surface area contributed by atoms with Crippen molar-refractivity contribution in [3.05, 3.63) is 51.1 Å². The molecule has 0 saturated carbocycles. The van der Waals surface area contributed by atoms with Crippen molar-refractivity contribution in [3.8, 4) is 17.1 Å². The molecule has 0 aliphatic rings. The van der Waals surface area contributed by atoms with Crippen LogP contribution < -0.4 is 26.6 Å². The summed E-state index contributed by atoms with van der Waals surface area (Å²) < 4.78 is 27.1. The van der Waals surface area contributed by atoms with Gasteiger partial charge in [0.1, 0.15) is 5.82 Å². The molecule has 35 heavy (non-hydrogen) atoms. The molecule has 0 radical (unpaired) electrons. The van der Waals surface area contributed by atoms with E-state index in [-0.39, 0.29) is 27.7 Å². The Labute approximate surface area is 200 Å². The van der Waals surface area contributed by atoms with Crippen LogP contribution in [0.5, 0.6) is 5.75 Å². The number of benzene rings is 1. The topological polar surface area (TPSA) is 234 Å². The Balaban J connectivity index is 1.81. The van der Waals surface area contributed by atoms with Crippen LogP contribution in [-0.4, -0.2) is 52.5 Å². The highest BCUT2D eigenvalue weighted by molar-refractivity contribution is 7.90. The van der Waals surface area contributed by atoms with Crippen LogP contribution in [-0.2, 0) is 14.8 Å². The summed E-state index contributed by atoms with van der Waals surface area (Å²) in [7, 11) is -4.37. The van der Waals surface area contributed by atoms with Crippen LogP contribution in [0, 0.1) is 0 Å². The zero-order valence-corrected chi connectivity index (χ0v) is 19.4. The second-order valence-electron chi connectivity index (χ2n) is 6.98. The Kier molecular flexibility index (Phi) is 7.18. The molecule has 0 fully saturated rings. The third-order valence-corrected chi connectivity index (χ3v) is 6.39. The van der Waals surface area contributed by atoms with Gasteiger partial charge >= 0.3 is 12.0 Å². The van der Waals surface area contributed by atoms with Gasteiger partial charge in [0.05, 0.1) is 22.2 Å². The van der Waals surface area contributed by atoms with Gasteiger partial charge in [0, 0.05) is 16.4 Å². The fraction of sp³-hybridized carbons (Fsp3) is 0.105. The SMILES string of the molecule is C[C@H](N)C(=O)Nc1cccc(S(=O)(=O)NC(=O)Nc2cscc2-c2nc(C(=O)O)c(O)c(=O)[nH]2)c1. The molecule has 0 saturated heterocycles. The van der Waals surface area contributed by atoms with E-state index < -0.39 is 51.0 Å². The van der Waals surface area contributed by atoms with Crippen LogP contribution in [0.15, 0.2) is 44.7 Å². The number of H-pyrrole nitrogens is 1. The standard InChI is InChI=1S/C19H18N6O8S2/c1-8(20)16(27)21-9-3-2-4-10(5-9)35(32,33)25-19(31)22-12-7-34-6-11(12)15-23-13(18(29)30)14(26)17(28)24-15/h2-8,26H,20H2,1H3,(H,21,27)(H,29,30)(H2,22,25,31)(H,23,24,28)/t8-/m0/s1. The van der Waals surface area contributed by atoms with Crippen LogP contribution in [0.1, 0.15) is 17.4 Å². The number of hydrogen-bond donors (Lipinski definition) is 7. The number of aromatic amines is 1. The molecule has 0 aliphatic heterocycles. The van der Waals surface area contributed by atoms with E-state index in [4.69, 9.17) is 10.8 Å². The van der Waals surface area contributed by atoms with Crippen LogP contribution in [0.3, 0.4) is 0 Å². The fourth-order valence-corrected chi connectivity index (χ4v) is 4.36. The number of nitrogens with two attached hydrogens (primary N) is 1. The summed E-state index contributed by atoms with van der Waals surface area (Å²) in [5.74, 6) is -3.55. The number of nitrogens with zero attached hydrogens (tertiary/aromatic N) is 1. The highest BCUT2D eigenvalue weighted by Crippen LogP contribution is 2.30. The molecular formula is C19H18N6O8S2. The van der Waals surface area contributed by atoms with E-state index >= 15 is 0 Å². The summed E-state index contributed by atoms with van der Waals surface area (Å²) in [4.78, 5) is 52.8. The van der Waals surface area contributed by atoms with E-state index in [0.717, 1.165) is 17.4 Å². The molecule has 2 aromatic heterocycles. The highest BCUT2D eigenvalue weighted by atomic mass is 32.2. The molecule has 0 aliphatic carbocycles. The molecule has 2 heterocycles. The molecule has 0 spiro atoms. The number of hydrogen-bond acceptors (Lipinski definition) is 10. The second kappa shape index (κ2) is 9.92. The fourth-order valence-electron chi connectivity index (χ4n) is 2.65. The van der Waals surface area contributed by atoms with Gasteiger partial charge in [0.25, 0.3) is 15.6 Å². The number of carbonyl (C=O) groups excluding carboxylic acids is 2. The maximum absolute atomic E-state index is 12.6. The molecule has 1 aromatic carbocycles. The highest BCUT2D eigenvalue weighted by Gasteiger charge is 2.22. The molecular weight excluding hydrogens is 504 g/mol. The Morgan fingerprint density at radius 3 is 2.57 bits per heavy atom. The zero-order valence-electron chi connectivity index (χ0n) is 17.7. The molecule has 184 valence electrons. The lowest BCUT2D eigenvalue weighted by Gasteiger charge is -2.11. The Hall–Kier alpha value is -4.28. The first-order valence-electron chi connectivity index (χ1n) is 9.52. The van der Waals surface area contributed by atoms with Gasteiger partial charge in [-0.25, -0.2) is 27.7 Å². The van der Waals surface area contributed by atoms with E-state index in [1.54, 1.807) is 4.72 Å². The van der Waals surface area contributed by atoms with E-state index in [9.17, 15) is 32.7 Å². The van der Waals surface area contributed by atoms with Gasteiger partial charge in [-0.15, -0.1) is 11.3 Å². The number of urea groups is 1. The Morgan fingerprint density at radius 1 is 1.20 bits per heavy atom. The summed E-state index contributed by atoms with van der Waals surface area (Å²) >= 11 is 1.04. The molecule has 3 rings (SSSR count). The largest absolute Gasteiger partial charge is 0.501 e. The minimum atomic E-state index is -4.37. The lowest BCUT2D eigenvalue weighted by molar-refractivity contribution is -0.117. The van der Waals surface area contributed by atoms with Gasteiger partial charge in [0.2, 0.25) is 11.7 Å². The maximum atomic E-state index is 12.6. The van der Waals surface area contributed by atoms with Crippen molar-refractivity contribution in [2.24, 2.45) is 5.73 Å². The van der Waals surface area contributed by atoms with E-state index in [1.165, 1.54) is 35.9 Å². The van der Waals surface area contributed by atoms with Gasteiger partial charge in [-0.3, -0.25) is 9.59 Å². The van der Waals surface area contributed by atoms with E-state index in [0.29, 0.717) is 0 Å². The number of nitrogens with one attached hydrogen (secondary N) is 4. The first kappa shape index (κ1) is 25.3. The van der Waals surface area contributed by atoms with Crippen LogP contribution in [0.25, 0.3) is 11.4 Å². The molecule has 3 aromatic rings. The van der Waals surface area contributed by atoms with Gasteiger partial charge in [-0.2, -0.15) is 0 Å². The number of carboxylic acid groups (broad SMARTS) is 1. The van der Waals surface area contributed by atoms with E-state index in [2.05, 4.69) is 20.6 Å². The minimum Gasteiger partial charge on any atom is -0.501 e. The van der Waals surface area contributed by atoms with Crippen molar-refractivity contribution in [2.45, 2.75) is 17.9 Å². The molecule has 16 heteroatoms. The molecule has 3 amide bonds. The lowest BCUT2D eigenvalue weighted by Crippen LogP contribution is -2.34. The number of anilines is 2. The number of aromatic carboxylic acids is 1. The molecule has 8 N–H and O–H groups in total. The third-order valence-electron chi connectivity index (χ3n) is 4.32. The molecule has 14 nitrogen and oxygen atoms in total. The monoisotopic (exact) mass is 522 g/mol. The number of sulfonamides is 1. The number of carbonyl (C=O) groups is 3. The predicted molar refractivity (Wildman–Crippen MR) is 125 cm³/mol. The quantitative estimate of drug-likeness (QED) is 0.229. The average molecular weight is 523 g/mol. The molecule has 1 atom stereocenters. The third kappa shape index (κ3) is 5.81. The number of thiophene rings is 1. The Bertz CT molecular complexity index is 1480. The summed E-state index contributed by atoms with van der Waals surface area (Å²) in [6.07, 6.45) is 0. The lowest BCUT2D eigenvalue weighted by atomic mass is 10.2. The van der Waals surface area contributed by atoms with Crippen molar-refractivity contribution in [3.63, 3.8) is 0 Å². The number of rotatable bonds is 7. The van der Waals surface area contributed by atoms with Crippen molar-refractivity contribution in [1.82, 2.24) is 14.7 Å². The van der Waals surface area contributed by atoms with E-state index in [1.807, 2.05) is 0 Å². The number of aromatic nitrogens is 2. The van der Waals surface area contributed by atoms with Crippen LogP contribution in [0.2, 0.25) is 0 Å². The first-order valence-corrected chi connectivity index (χ1v) is 11.9. The number of amides is 3. The second-order valence-corrected chi connectivity index (χ2v) is 9.41. The average Bonchev–Trinajstić information content (AvgIpc) is 3.22. The van der Waals surface area contributed by atoms with Crippen molar-refractivity contribution < 1.29 is 33.0 Å². The van der Waals surface area contributed by atoms with Crippen molar-refractivity contribution >= 4 is 50.6 Å². The molecule has 0 bridgehead atoms. The summed E-state index contributed by atoms with van der Waals surface area (Å²) in [5.41, 5.74) is 3.68. The Morgan fingerprint density at radius 2 is 1.91 bits per heavy atom. The zero-order chi connectivity index (χ0) is 25.9.